The number of nitrogens with zero attached hydrogens (tertiary/aromatic N) is 4. The molecule has 1 aromatic carbocycles. The van der Waals surface area contributed by atoms with Crippen molar-refractivity contribution in [2.45, 2.75) is 12.8 Å². The van der Waals surface area contributed by atoms with Crippen molar-refractivity contribution < 1.29 is 9.59 Å². The van der Waals surface area contributed by atoms with Gasteiger partial charge in [-0.1, -0.05) is 18.2 Å². The molecule has 2 aromatic rings. The number of rotatable bonds is 2. The van der Waals surface area contributed by atoms with Crippen molar-refractivity contribution in [1.82, 2.24) is 19.8 Å². The molecule has 0 aliphatic carbocycles. The van der Waals surface area contributed by atoms with Gasteiger partial charge in [-0.3, -0.25) is 14.4 Å². The van der Waals surface area contributed by atoms with Crippen molar-refractivity contribution in [3.63, 3.8) is 0 Å². The van der Waals surface area contributed by atoms with Crippen LogP contribution in [0.5, 0.6) is 0 Å². The third-order valence-electron chi connectivity index (χ3n) is 3.67. The van der Waals surface area contributed by atoms with Gasteiger partial charge in [0.1, 0.15) is 11.6 Å². The molecule has 1 N–H and O–H groups in total. The molecule has 1 aliphatic heterocycles. The number of aryl methyl sites for hydroxylation is 1. The number of benzene rings is 1. The summed E-state index contributed by atoms with van der Waals surface area (Å²) in [6.07, 6.45) is 0. The maximum absolute atomic E-state index is 12.8. The molecule has 2 heterocycles. The van der Waals surface area contributed by atoms with Crippen LogP contribution in [-0.2, 0) is 16.6 Å². The minimum absolute atomic E-state index is 0.220. The van der Waals surface area contributed by atoms with Gasteiger partial charge in [-0.15, -0.1) is 0 Å². The Morgan fingerprint density at radius 1 is 1.08 bits per heavy atom. The van der Waals surface area contributed by atoms with E-state index < -0.39 is 28.9 Å². The minimum atomic E-state index is -1.21. The van der Waals surface area contributed by atoms with Crippen LogP contribution in [-0.4, -0.2) is 31.7 Å². The molecular weight excluding hydrogens is 314 g/mol. The third-order valence-corrected chi connectivity index (χ3v) is 3.67. The number of para-hydroxylation sites is 1. The van der Waals surface area contributed by atoms with Crippen molar-refractivity contribution in [1.29, 1.82) is 0 Å². The molecule has 1 unspecified atom stereocenters. The number of carbonyl (C=O) groups is 2. The second-order valence-electron chi connectivity index (χ2n) is 5.26. The average Bonchev–Trinajstić information content (AvgIpc) is 2.57. The van der Waals surface area contributed by atoms with E-state index in [1.165, 1.54) is 14.0 Å². The molecule has 24 heavy (non-hydrogen) atoms. The van der Waals surface area contributed by atoms with Crippen LogP contribution in [0.25, 0.3) is 5.69 Å². The van der Waals surface area contributed by atoms with Gasteiger partial charge in [0.05, 0.1) is 11.4 Å². The molecule has 9 heteroatoms. The Hall–Kier alpha value is -3.36. The molecule has 1 aliphatic rings. The third kappa shape index (κ3) is 2.35. The van der Waals surface area contributed by atoms with E-state index >= 15 is 0 Å². The summed E-state index contributed by atoms with van der Waals surface area (Å²) in [5.41, 5.74) is 1.00. The summed E-state index contributed by atoms with van der Waals surface area (Å²) < 4.78 is 1.87. The molecule has 0 saturated carbocycles. The summed E-state index contributed by atoms with van der Waals surface area (Å²) in [5.74, 6) is -2.98. The van der Waals surface area contributed by atoms with Crippen LogP contribution in [0.3, 0.4) is 0 Å². The highest BCUT2D eigenvalue weighted by molar-refractivity contribution is 6.43. The number of hydrogen-bond acceptors (Lipinski definition) is 6. The van der Waals surface area contributed by atoms with Crippen LogP contribution in [0.15, 0.2) is 45.0 Å². The first-order valence-electron chi connectivity index (χ1n) is 7.06. The molecule has 9 nitrogen and oxygen atoms in total. The van der Waals surface area contributed by atoms with Crippen molar-refractivity contribution >= 4 is 17.4 Å². The van der Waals surface area contributed by atoms with Gasteiger partial charge in [0.15, 0.2) is 0 Å². The Morgan fingerprint density at radius 3 is 2.42 bits per heavy atom. The van der Waals surface area contributed by atoms with Crippen molar-refractivity contribution in [3.8, 4) is 5.69 Å². The van der Waals surface area contributed by atoms with Crippen LogP contribution >= 0.6 is 0 Å². The molecular formula is C15H13N5O4. The van der Waals surface area contributed by atoms with Gasteiger partial charge < -0.3 is 0 Å². The fourth-order valence-electron chi connectivity index (χ4n) is 2.48. The first-order valence-corrected chi connectivity index (χ1v) is 7.06. The summed E-state index contributed by atoms with van der Waals surface area (Å²) in [6, 6.07) is 8.26. The Kier molecular flexibility index (Phi) is 3.68. The predicted molar refractivity (Wildman–Crippen MR) is 84.1 cm³/mol. The summed E-state index contributed by atoms with van der Waals surface area (Å²) >= 11 is 0. The van der Waals surface area contributed by atoms with E-state index in [0.717, 1.165) is 9.25 Å². The highest BCUT2D eigenvalue weighted by atomic mass is 16.2. The fourth-order valence-corrected chi connectivity index (χ4v) is 2.48. The van der Waals surface area contributed by atoms with Crippen molar-refractivity contribution in [2.75, 3.05) is 0 Å². The Balaban J connectivity index is 2.30. The molecule has 1 amide bonds. The summed E-state index contributed by atoms with van der Waals surface area (Å²) in [7, 11) is 1.37. The number of ketones is 1. The molecule has 3 rings (SSSR count). The number of nitrogens with one attached hydrogen (secondary N) is 1. The monoisotopic (exact) mass is 327 g/mol. The largest absolute Gasteiger partial charge is 0.351 e. The number of aromatic nitrogens is 3. The summed E-state index contributed by atoms with van der Waals surface area (Å²) in [4.78, 5) is 48.8. The quantitative estimate of drug-likeness (QED) is 0.717. The summed E-state index contributed by atoms with van der Waals surface area (Å²) in [5, 5.41) is 7.64. The van der Waals surface area contributed by atoms with E-state index in [1.807, 2.05) is 0 Å². The smallest absolute Gasteiger partial charge is 0.287 e. The SMILES string of the molecule is CC1=NNC(=O)C(=O)C1c1nn(C)c(=O)n(-c2ccccc2)c1=O. The Morgan fingerprint density at radius 2 is 1.75 bits per heavy atom. The lowest BCUT2D eigenvalue weighted by molar-refractivity contribution is -0.138. The maximum Gasteiger partial charge on any atom is 0.351 e. The first-order chi connectivity index (χ1) is 11.4. The topological polar surface area (TPSA) is 115 Å². The second-order valence-corrected chi connectivity index (χ2v) is 5.26. The maximum atomic E-state index is 12.8. The Labute approximate surface area is 135 Å². The van der Waals surface area contributed by atoms with E-state index in [9.17, 15) is 19.2 Å². The number of carbonyl (C=O) groups excluding carboxylic acids is 2. The predicted octanol–water partition coefficient (Wildman–Crippen LogP) is -0.910. The molecule has 0 fully saturated rings. The first kappa shape index (κ1) is 15.5. The molecule has 0 radical (unpaired) electrons. The van der Waals surface area contributed by atoms with Gasteiger partial charge in [0, 0.05) is 7.05 Å². The summed E-state index contributed by atoms with van der Waals surface area (Å²) in [6.45, 7) is 1.50. The van der Waals surface area contributed by atoms with E-state index in [0.29, 0.717) is 5.69 Å². The number of amides is 1. The highest BCUT2D eigenvalue weighted by Crippen LogP contribution is 2.16. The zero-order chi connectivity index (χ0) is 17.4. The van der Waals surface area contributed by atoms with E-state index in [1.54, 1.807) is 30.3 Å². The number of hydrogen-bond donors (Lipinski definition) is 1. The molecule has 0 spiro atoms. The van der Waals surface area contributed by atoms with Gasteiger partial charge >= 0.3 is 11.6 Å². The lowest BCUT2D eigenvalue weighted by atomic mass is 9.94. The van der Waals surface area contributed by atoms with Crippen molar-refractivity contribution in [3.05, 3.63) is 56.9 Å². The van der Waals surface area contributed by atoms with Crippen LogP contribution in [0.4, 0.5) is 0 Å². The van der Waals surface area contributed by atoms with Crippen LogP contribution < -0.4 is 16.7 Å². The van der Waals surface area contributed by atoms with Crippen LogP contribution in [0.2, 0.25) is 0 Å². The van der Waals surface area contributed by atoms with Gasteiger partial charge in [0.25, 0.3) is 5.56 Å². The zero-order valence-electron chi connectivity index (χ0n) is 12.9. The van der Waals surface area contributed by atoms with E-state index in [2.05, 4.69) is 15.6 Å². The van der Waals surface area contributed by atoms with Gasteiger partial charge in [-0.2, -0.15) is 10.2 Å². The normalized spacial score (nSPS) is 17.4. The average molecular weight is 327 g/mol. The Bertz CT molecular complexity index is 987. The van der Waals surface area contributed by atoms with Crippen LogP contribution in [0.1, 0.15) is 18.5 Å². The van der Waals surface area contributed by atoms with Crippen LogP contribution in [0, 0.1) is 0 Å². The van der Waals surface area contributed by atoms with Crippen molar-refractivity contribution in [2.24, 2.45) is 12.1 Å². The van der Waals surface area contributed by atoms with Gasteiger partial charge in [-0.05, 0) is 19.1 Å². The van der Waals surface area contributed by atoms with Gasteiger partial charge in [0.2, 0.25) is 5.78 Å². The van der Waals surface area contributed by atoms with E-state index in [4.69, 9.17) is 0 Å². The molecule has 1 aromatic heterocycles. The van der Waals surface area contributed by atoms with E-state index in [-0.39, 0.29) is 11.4 Å². The highest BCUT2D eigenvalue weighted by Gasteiger charge is 2.37. The van der Waals surface area contributed by atoms with Gasteiger partial charge in [-0.25, -0.2) is 19.5 Å². The molecule has 0 bridgehead atoms. The minimum Gasteiger partial charge on any atom is -0.287 e. The molecule has 122 valence electrons. The lowest BCUT2D eigenvalue weighted by Crippen LogP contribution is -2.47. The zero-order valence-corrected chi connectivity index (χ0v) is 12.9. The standard InChI is InChI=1S/C15H13N5O4/c1-8-10(12(21)13(22)17-16-8)11-14(23)20(15(24)19(2)18-11)9-6-4-3-5-7-9/h3-7,10H,1-2H3,(H,17,22). The second kappa shape index (κ2) is 5.69. The number of hydrazone groups is 1. The fraction of sp³-hybridized carbons (Fsp3) is 0.200. The molecule has 0 saturated heterocycles. The number of Topliss-reactive ketones (excluding diaryl/α,β-unsaturated/α-hetero) is 1. The lowest BCUT2D eigenvalue weighted by Gasteiger charge is -2.19. The molecule has 1 atom stereocenters.